The molecule has 0 saturated carbocycles. The average molecular weight is 164 g/mol. The second-order valence-corrected chi connectivity index (χ2v) is 3.68. The van der Waals surface area contributed by atoms with E-state index in [2.05, 4.69) is 29.5 Å². The van der Waals surface area contributed by atoms with Crippen LogP contribution in [-0.2, 0) is 0 Å². The van der Waals surface area contributed by atoms with E-state index in [-0.39, 0.29) is 0 Å². The Morgan fingerprint density at radius 1 is 1.58 bits per heavy atom. The van der Waals surface area contributed by atoms with Gasteiger partial charge >= 0.3 is 0 Å². The lowest BCUT2D eigenvalue weighted by molar-refractivity contribution is 0.407. The van der Waals surface area contributed by atoms with Gasteiger partial charge in [-0.1, -0.05) is 12.7 Å². The van der Waals surface area contributed by atoms with E-state index in [1.54, 1.807) is 0 Å². The van der Waals surface area contributed by atoms with Crippen molar-refractivity contribution in [1.29, 1.82) is 0 Å². The highest BCUT2D eigenvalue weighted by molar-refractivity contribution is 5.15. The molecular weight excluding hydrogens is 148 g/mol. The number of rotatable bonds is 3. The maximum atomic E-state index is 4.10. The van der Waals surface area contributed by atoms with E-state index >= 15 is 0 Å². The Morgan fingerprint density at radius 3 is 2.83 bits per heavy atom. The molecule has 1 N–H and O–H groups in total. The minimum Gasteiger partial charge on any atom is -0.373 e. The maximum absolute atomic E-state index is 4.10. The average Bonchev–Trinajstić information content (AvgIpc) is 2.82. The van der Waals surface area contributed by atoms with Crippen molar-refractivity contribution in [2.24, 2.45) is 5.92 Å². The van der Waals surface area contributed by atoms with Gasteiger partial charge in [0.15, 0.2) is 0 Å². The lowest BCUT2D eigenvalue weighted by atomic mass is 10.1. The summed E-state index contributed by atoms with van der Waals surface area (Å²) < 4.78 is 0. The molecule has 0 aromatic carbocycles. The third-order valence-corrected chi connectivity index (χ3v) is 2.77. The van der Waals surface area contributed by atoms with E-state index in [4.69, 9.17) is 0 Å². The summed E-state index contributed by atoms with van der Waals surface area (Å²) in [6, 6.07) is 0.577. The Morgan fingerprint density at radius 2 is 2.33 bits per heavy atom. The molecule has 2 atom stereocenters. The van der Waals surface area contributed by atoms with Crippen LogP contribution in [0.15, 0.2) is 24.9 Å². The van der Waals surface area contributed by atoms with E-state index < -0.39 is 0 Å². The second-order valence-electron chi connectivity index (χ2n) is 3.68. The molecule has 2 saturated heterocycles. The van der Waals surface area contributed by atoms with E-state index in [1.165, 1.54) is 12.1 Å². The monoisotopic (exact) mass is 164 g/mol. The SMILES string of the molecule is C=CC1CCN(C(=C)C2CN2)C1. The molecule has 0 bridgehead atoms. The summed E-state index contributed by atoms with van der Waals surface area (Å²) in [6.07, 6.45) is 3.31. The fraction of sp³-hybridized carbons (Fsp3) is 0.600. The van der Waals surface area contributed by atoms with Crippen LogP contribution in [0, 0.1) is 5.92 Å². The quantitative estimate of drug-likeness (QED) is 0.497. The topological polar surface area (TPSA) is 25.2 Å². The number of nitrogens with zero attached hydrogens (tertiary/aromatic N) is 1. The van der Waals surface area contributed by atoms with Gasteiger partial charge in [-0.3, -0.25) is 0 Å². The van der Waals surface area contributed by atoms with Crippen LogP contribution in [0.25, 0.3) is 0 Å². The van der Waals surface area contributed by atoms with Gasteiger partial charge in [0.2, 0.25) is 0 Å². The molecule has 0 amide bonds. The van der Waals surface area contributed by atoms with Gasteiger partial charge in [-0.2, -0.15) is 0 Å². The molecule has 2 nitrogen and oxygen atoms in total. The summed E-state index contributed by atoms with van der Waals surface area (Å²) in [5, 5.41) is 3.28. The van der Waals surface area contributed by atoms with Crippen LogP contribution < -0.4 is 5.32 Å². The van der Waals surface area contributed by atoms with E-state index in [9.17, 15) is 0 Å². The molecule has 2 unspecified atom stereocenters. The molecule has 2 heterocycles. The van der Waals surface area contributed by atoms with Gasteiger partial charge in [-0.15, -0.1) is 6.58 Å². The predicted octanol–water partition coefficient (Wildman–Crippen LogP) is 0.980. The Kier molecular flexibility index (Phi) is 1.93. The van der Waals surface area contributed by atoms with Gasteiger partial charge in [-0.25, -0.2) is 0 Å². The van der Waals surface area contributed by atoms with Gasteiger partial charge in [0.05, 0.1) is 6.04 Å². The Labute approximate surface area is 73.9 Å². The van der Waals surface area contributed by atoms with Crippen molar-refractivity contribution >= 4 is 0 Å². The summed E-state index contributed by atoms with van der Waals surface area (Å²) in [5.41, 5.74) is 1.28. The van der Waals surface area contributed by atoms with Gasteiger partial charge < -0.3 is 10.2 Å². The van der Waals surface area contributed by atoms with Crippen LogP contribution in [0.1, 0.15) is 6.42 Å². The Hall–Kier alpha value is -0.760. The van der Waals surface area contributed by atoms with Crippen LogP contribution in [-0.4, -0.2) is 30.6 Å². The lowest BCUT2D eigenvalue weighted by Gasteiger charge is -2.19. The molecule has 12 heavy (non-hydrogen) atoms. The summed E-state index contributed by atoms with van der Waals surface area (Å²) in [6.45, 7) is 11.3. The molecule has 0 radical (unpaired) electrons. The first-order valence-corrected chi connectivity index (χ1v) is 4.61. The van der Waals surface area contributed by atoms with E-state index in [0.717, 1.165) is 19.6 Å². The predicted molar refractivity (Wildman–Crippen MR) is 50.8 cm³/mol. The van der Waals surface area contributed by atoms with Gasteiger partial charge in [0, 0.05) is 25.3 Å². The number of likely N-dealkylation sites (tertiary alicyclic amines) is 1. The van der Waals surface area contributed by atoms with Crippen molar-refractivity contribution in [3.8, 4) is 0 Å². The molecular formula is C10H16N2. The first-order valence-electron chi connectivity index (χ1n) is 4.61. The third-order valence-electron chi connectivity index (χ3n) is 2.77. The first-order chi connectivity index (χ1) is 5.81. The lowest BCUT2D eigenvalue weighted by Crippen LogP contribution is -2.23. The standard InChI is InChI=1S/C10H16N2/c1-3-9-4-5-12(7-9)8(2)10-6-11-10/h3,9-11H,1-2,4-7H2. The molecule has 2 heteroatoms. The molecule has 0 aromatic heterocycles. The van der Waals surface area contributed by atoms with Crippen LogP contribution in [0.2, 0.25) is 0 Å². The van der Waals surface area contributed by atoms with Crippen LogP contribution in [0.4, 0.5) is 0 Å². The van der Waals surface area contributed by atoms with Crippen molar-refractivity contribution in [3.63, 3.8) is 0 Å². The highest BCUT2D eigenvalue weighted by Gasteiger charge is 2.30. The molecule has 2 aliphatic heterocycles. The third kappa shape index (κ3) is 1.39. The van der Waals surface area contributed by atoms with Gasteiger partial charge in [0.1, 0.15) is 0 Å². The van der Waals surface area contributed by atoms with Crippen molar-refractivity contribution in [3.05, 3.63) is 24.9 Å². The van der Waals surface area contributed by atoms with Crippen molar-refractivity contribution < 1.29 is 0 Å². The number of nitrogens with one attached hydrogen (secondary N) is 1. The number of hydrogen-bond acceptors (Lipinski definition) is 2. The normalized spacial score (nSPS) is 33.5. The van der Waals surface area contributed by atoms with Gasteiger partial charge in [-0.05, 0) is 12.3 Å². The smallest absolute Gasteiger partial charge is 0.0593 e. The first kappa shape index (κ1) is 7.87. The van der Waals surface area contributed by atoms with E-state index in [0.29, 0.717) is 12.0 Å². The highest BCUT2D eigenvalue weighted by Crippen LogP contribution is 2.23. The maximum Gasteiger partial charge on any atom is 0.0593 e. The molecule has 2 aliphatic rings. The van der Waals surface area contributed by atoms with E-state index in [1.807, 2.05) is 0 Å². The molecule has 0 aliphatic carbocycles. The Bertz CT molecular complexity index is 206. The van der Waals surface area contributed by atoms with Crippen LogP contribution >= 0.6 is 0 Å². The fourth-order valence-corrected chi connectivity index (χ4v) is 1.76. The Balaban J connectivity index is 1.89. The van der Waals surface area contributed by atoms with Crippen molar-refractivity contribution in [1.82, 2.24) is 10.2 Å². The molecule has 66 valence electrons. The van der Waals surface area contributed by atoms with Crippen molar-refractivity contribution in [2.75, 3.05) is 19.6 Å². The molecule has 0 aromatic rings. The summed E-state index contributed by atoms with van der Waals surface area (Å²) in [4.78, 5) is 2.39. The second kappa shape index (κ2) is 2.94. The molecule has 2 rings (SSSR count). The molecule has 2 fully saturated rings. The minimum absolute atomic E-state index is 0.577. The summed E-state index contributed by atoms with van der Waals surface area (Å²) in [5.74, 6) is 0.681. The number of hydrogen-bond donors (Lipinski definition) is 1. The van der Waals surface area contributed by atoms with Crippen LogP contribution in [0.3, 0.4) is 0 Å². The minimum atomic E-state index is 0.577. The zero-order valence-corrected chi connectivity index (χ0v) is 7.42. The summed E-state index contributed by atoms with van der Waals surface area (Å²) >= 11 is 0. The molecule has 0 spiro atoms. The van der Waals surface area contributed by atoms with Crippen LogP contribution in [0.5, 0.6) is 0 Å². The summed E-state index contributed by atoms with van der Waals surface area (Å²) in [7, 11) is 0. The largest absolute Gasteiger partial charge is 0.373 e. The zero-order chi connectivity index (χ0) is 8.55. The zero-order valence-electron chi connectivity index (χ0n) is 7.42. The van der Waals surface area contributed by atoms with Gasteiger partial charge in [0.25, 0.3) is 0 Å². The van der Waals surface area contributed by atoms with Crippen molar-refractivity contribution in [2.45, 2.75) is 12.5 Å². The highest BCUT2D eigenvalue weighted by atomic mass is 15.2. The fourth-order valence-electron chi connectivity index (χ4n) is 1.76.